The third-order valence-corrected chi connectivity index (χ3v) is 1.34. The summed E-state index contributed by atoms with van der Waals surface area (Å²) < 4.78 is 35.9. The summed E-state index contributed by atoms with van der Waals surface area (Å²) in [4.78, 5) is 3.23. The van der Waals surface area contributed by atoms with Gasteiger partial charge in [-0.25, -0.2) is 0 Å². The molecule has 0 unspecified atom stereocenters. The molecule has 1 nitrogen and oxygen atoms in total. The Kier molecular flexibility index (Phi) is 2.05. The zero-order valence-electron chi connectivity index (χ0n) is 5.97. The molecular formula is C8H5F3N+. The van der Waals surface area contributed by atoms with Crippen LogP contribution in [0, 0.1) is 6.57 Å². The van der Waals surface area contributed by atoms with Crippen molar-refractivity contribution < 1.29 is 13.2 Å². The Morgan fingerprint density at radius 1 is 1.08 bits per heavy atom. The Morgan fingerprint density at radius 2 is 1.58 bits per heavy atom. The molecule has 0 fully saturated rings. The number of hydrogen-bond acceptors (Lipinski definition) is 0. The molecule has 0 atom stereocenters. The summed E-state index contributed by atoms with van der Waals surface area (Å²) in [6.45, 7) is 4.85. The Labute approximate surface area is 67.3 Å². The molecule has 0 aliphatic heterocycles. The second-order valence-corrected chi connectivity index (χ2v) is 2.17. The number of alkyl halides is 3. The monoisotopic (exact) mass is 172 g/mol. The van der Waals surface area contributed by atoms with Gasteiger partial charge in [-0.05, 0) is 17.0 Å². The van der Waals surface area contributed by atoms with E-state index in [1.807, 2.05) is 0 Å². The molecule has 0 aliphatic rings. The maximum atomic E-state index is 12.0. The molecule has 0 N–H and O–H groups in total. The lowest BCUT2D eigenvalue weighted by Gasteiger charge is -2.03. The van der Waals surface area contributed by atoms with E-state index in [9.17, 15) is 13.2 Å². The minimum absolute atomic E-state index is 0.322. The number of benzene rings is 1. The Bertz CT molecular complexity index is 305. The van der Waals surface area contributed by atoms with E-state index in [1.54, 1.807) is 0 Å². The van der Waals surface area contributed by atoms with Crippen molar-refractivity contribution in [2.24, 2.45) is 0 Å². The lowest BCUT2D eigenvalue weighted by molar-refractivity contribution is -0.137. The Balaban J connectivity index is 3.02. The second-order valence-electron chi connectivity index (χ2n) is 2.17. The number of rotatable bonds is 0. The zero-order valence-corrected chi connectivity index (χ0v) is 5.97. The first kappa shape index (κ1) is 8.60. The van der Waals surface area contributed by atoms with Crippen LogP contribution in [-0.2, 0) is 6.18 Å². The number of nitrogens with zero attached hydrogens (tertiary/aromatic N) is 1. The van der Waals surface area contributed by atoms with Crippen molar-refractivity contribution in [2.45, 2.75) is 6.18 Å². The normalized spacial score (nSPS) is 10.8. The fraction of sp³-hybridized carbons (Fsp3) is 0.125. The van der Waals surface area contributed by atoms with Crippen molar-refractivity contribution in [2.75, 3.05) is 0 Å². The van der Waals surface area contributed by atoms with E-state index in [0.717, 1.165) is 12.1 Å². The van der Waals surface area contributed by atoms with Gasteiger partial charge in [-0.3, -0.25) is 0 Å². The lowest BCUT2D eigenvalue weighted by atomic mass is 10.2. The van der Waals surface area contributed by atoms with Crippen LogP contribution in [0.5, 0.6) is 0 Å². The van der Waals surface area contributed by atoms with E-state index in [-0.39, 0.29) is 0 Å². The van der Waals surface area contributed by atoms with Crippen LogP contribution in [0.25, 0.3) is 4.85 Å². The smallest absolute Gasteiger partial charge is 0.166 e. The fourth-order valence-corrected chi connectivity index (χ4v) is 0.736. The molecule has 4 heteroatoms. The standard InChI is InChI=1S/C8H5F3N/c1-12-7-4-2-6(3-5-7)8(9,10)11/h1-5H/q+1. The third-order valence-electron chi connectivity index (χ3n) is 1.34. The summed E-state index contributed by atoms with van der Waals surface area (Å²) in [5.74, 6) is 0. The molecule has 0 aliphatic carbocycles. The highest BCUT2D eigenvalue weighted by Gasteiger charge is 2.30. The fourth-order valence-electron chi connectivity index (χ4n) is 0.736. The van der Waals surface area contributed by atoms with Crippen LogP contribution in [0.3, 0.4) is 0 Å². The first-order valence-corrected chi connectivity index (χ1v) is 3.12. The van der Waals surface area contributed by atoms with Crippen LogP contribution in [-0.4, -0.2) is 0 Å². The summed E-state index contributed by atoms with van der Waals surface area (Å²) in [6, 6.07) is 4.29. The van der Waals surface area contributed by atoms with Gasteiger partial charge in [-0.2, -0.15) is 13.2 Å². The highest BCUT2D eigenvalue weighted by molar-refractivity contribution is 5.46. The van der Waals surface area contributed by atoms with Crippen LogP contribution in [0.1, 0.15) is 5.56 Å². The molecule has 0 saturated heterocycles. The van der Waals surface area contributed by atoms with Gasteiger partial charge in [0.15, 0.2) is 0 Å². The van der Waals surface area contributed by atoms with Gasteiger partial charge >= 0.3 is 11.9 Å². The van der Waals surface area contributed by atoms with Crippen LogP contribution < -0.4 is 0 Å². The summed E-state index contributed by atoms with van der Waals surface area (Å²) in [6.07, 6.45) is -4.30. The molecule has 0 bridgehead atoms. The van der Waals surface area contributed by atoms with Crippen LogP contribution in [0.4, 0.5) is 18.9 Å². The van der Waals surface area contributed by atoms with Gasteiger partial charge in [0.1, 0.15) is 0 Å². The largest absolute Gasteiger partial charge is 0.416 e. The van der Waals surface area contributed by atoms with Gasteiger partial charge in [0.05, 0.1) is 5.56 Å². The van der Waals surface area contributed by atoms with E-state index in [1.165, 1.54) is 12.1 Å². The molecule has 1 aromatic rings. The Morgan fingerprint density at radius 3 is 1.92 bits per heavy atom. The average Bonchev–Trinajstić information content (AvgIpc) is 2.03. The summed E-state index contributed by atoms with van der Waals surface area (Å²) in [7, 11) is 0. The SMILES string of the molecule is C#[N+]c1ccc(C(F)(F)F)cc1. The first-order valence-electron chi connectivity index (χ1n) is 3.12. The van der Waals surface area contributed by atoms with Crippen molar-refractivity contribution >= 4 is 5.69 Å². The van der Waals surface area contributed by atoms with Crippen LogP contribution >= 0.6 is 0 Å². The van der Waals surface area contributed by atoms with Crippen LogP contribution in [0.15, 0.2) is 24.3 Å². The lowest BCUT2D eigenvalue weighted by Crippen LogP contribution is -2.03. The summed E-state index contributed by atoms with van der Waals surface area (Å²) in [5.41, 5.74) is -0.377. The average molecular weight is 172 g/mol. The van der Waals surface area contributed by atoms with Gasteiger partial charge in [0, 0.05) is 12.1 Å². The zero-order chi connectivity index (χ0) is 9.19. The van der Waals surface area contributed by atoms with Crippen molar-refractivity contribution in [1.29, 1.82) is 0 Å². The van der Waals surface area contributed by atoms with E-state index in [2.05, 4.69) is 4.85 Å². The topological polar surface area (TPSA) is 4.36 Å². The maximum Gasteiger partial charge on any atom is 0.416 e. The molecular weight excluding hydrogens is 167 g/mol. The molecule has 0 spiro atoms. The molecule has 0 amide bonds. The molecule has 0 aromatic heterocycles. The van der Waals surface area contributed by atoms with Crippen molar-refractivity contribution in [1.82, 2.24) is 0 Å². The van der Waals surface area contributed by atoms with E-state index in [4.69, 9.17) is 6.57 Å². The number of hydrogen-bond donors (Lipinski definition) is 0. The molecule has 0 saturated carbocycles. The quantitative estimate of drug-likeness (QED) is 0.565. The second kappa shape index (κ2) is 2.86. The minimum Gasteiger partial charge on any atom is -0.166 e. The van der Waals surface area contributed by atoms with E-state index in [0.29, 0.717) is 5.69 Å². The molecule has 12 heavy (non-hydrogen) atoms. The highest BCUT2D eigenvalue weighted by atomic mass is 19.4. The summed E-state index contributed by atoms with van der Waals surface area (Å²) >= 11 is 0. The van der Waals surface area contributed by atoms with E-state index < -0.39 is 11.7 Å². The summed E-state index contributed by atoms with van der Waals surface area (Å²) in [5, 5.41) is 0. The van der Waals surface area contributed by atoms with Crippen molar-refractivity contribution in [3.05, 3.63) is 34.7 Å². The van der Waals surface area contributed by atoms with Gasteiger partial charge in [0.25, 0.3) is 6.57 Å². The van der Waals surface area contributed by atoms with Gasteiger partial charge in [-0.1, -0.05) is 0 Å². The number of halogens is 3. The first-order chi connectivity index (χ1) is 5.54. The molecule has 62 valence electrons. The van der Waals surface area contributed by atoms with E-state index >= 15 is 0 Å². The van der Waals surface area contributed by atoms with Gasteiger partial charge in [-0.15, -0.1) is 0 Å². The predicted molar refractivity (Wildman–Crippen MR) is 39.4 cm³/mol. The molecule has 1 rings (SSSR count). The third kappa shape index (κ3) is 1.76. The maximum absolute atomic E-state index is 12.0. The highest BCUT2D eigenvalue weighted by Crippen LogP contribution is 2.30. The molecule has 1 aromatic carbocycles. The molecule has 0 radical (unpaired) electrons. The minimum atomic E-state index is -4.30. The van der Waals surface area contributed by atoms with Crippen molar-refractivity contribution in [3.63, 3.8) is 0 Å². The van der Waals surface area contributed by atoms with Gasteiger partial charge in [0.2, 0.25) is 0 Å². The Hall–Kier alpha value is -1.50. The molecule has 0 heterocycles. The van der Waals surface area contributed by atoms with Crippen molar-refractivity contribution in [3.8, 4) is 6.57 Å². The van der Waals surface area contributed by atoms with Crippen LogP contribution in [0.2, 0.25) is 0 Å². The van der Waals surface area contributed by atoms with Gasteiger partial charge < -0.3 is 0 Å². The predicted octanol–water partition coefficient (Wildman–Crippen LogP) is 3.30.